The number of halogens is 1. The Kier molecular flexibility index (Phi) is 6.36. The second-order valence-corrected chi connectivity index (χ2v) is 7.55. The molecule has 0 atom stereocenters. The first kappa shape index (κ1) is 19.3. The number of carbonyl (C=O) groups excluding carboxylic acids is 2. The van der Waals surface area contributed by atoms with Gasteiger partial charge in [0.15, 0.2) is 0 Å². The number of carbonyl (C=O) groups is 2. The van der Waals surface area contributed by atoms with Crippen LogP contribution in [0.15, 0.2) is 59.5 Å². The maximum Gasteiger partial charge on any atom is 0.266 e. The molecule has 2 amide bonds. The molecular formula is C20H17FN2O2S2. The summed E-state index contributed by atoms with van der Waals surface area (Å²) in [6.07, 6.45) is 2.27. The maximum absolute atomic E-state index is 13.8. The van der Waals surface area contributed by atoms with Gasteiger partial charge in [-0.05, 0) is 30.7 Å². The molecule has 1 N–H and O–H groups in total. The van der Waals surface area contributed by atoms with Gasteiger partial charge in [-0.3, -0.25) is 14.5 Å². The van der Waals surface area contributed by atoms with Crippen LogP contribution in [-0.4, -0.2) is 27.6 Å². The molecule has 0 aromatic heterocycles. The number of benzene rings is 2. The molecule has 0 radical (unpaired) electrons. The van der Waals surface area contributed by atoms with E-state index in [0.717, 1.165) is 17.4 Å². The van der Waals surface area contributed by atoms with Crippen LogP contribution in [0.4, 0.5) is 10.1 Å². The molecule has 0 bridgehead atoms. The highest BCUT2D eigenvalue weighted by Crippen LogP contribution is 2.33. The van der Waals surface area contributed by atoms with Crippen molar-refractivity contribution in [3.8, 4) is 0 Å². The molecule has 0 spiro atoms. The molecule has 0 saturated carbocycles. The van der Waals surface area contributed by atoms with Gasteiger partial charge in [-0.25, -0.2) is 4.39 Å². The smallest absolute Gasteiger partial charge is 0.266 e. The quantitative estimate of drug-likeness (QED) is 0.575. The van der Waals surface area contributed by atoms with Crippen molar-refractivity contribution >= 4 is 51.9 Å². The lowest BCUT2D eigenvalue weighted by molar-refractivity contribution is -0.122. The summed E-state index contributed by atoms with van der Waals surface area (Å²) in [5.74, 6) is -0.759. The van der Waals surface area contributed by atoms with E-state index in [1.807, 2.05) is 30.3 Å². The zero-order chi connectivity index (χ0) is 19.2. The van der Waals surface area contributed by atoms with Crippen LogP contribution >= 0.6 is 24.0 Å². The molecule has 2 aromatic rings. The van der Waals surface area contributed by atoms with E-state index in [2.05, 4.69) is 5.32 Å². The summed E-state index contributed by atoms with van der Waals surface area (Å²) in [6, 6.07) is 15.4. The Labute approximate surface area is 166 Å². The van der Waals surface area contributed by atoms with Crippen LogP contribution in [0.3, 0.4) is 0 Å². The monoisotopic (exact) mass is 400 g/mol. The van der Waals surface area contributed by atoms with E-state index in [9.17, 15) is 14.0 Å². The van der Waals surface area contributed by atoms with Crippen LogP contribution in [0, 0.1) is 5.82 Å². The molecular weight excluding hydrogens is 383 g/mol. The molecule has 27 heavy (non-hydrogen) atoms. The molecule has 7 heteroatoms. The largest absolute Gasteiger partial charge is 0.326 e. The van der Waals surface area contributed by atoms with Gasteiger partial charge in [0.1, 0.15) is 10.1 Å². The van der Waals surface area contributed by atoms with E-state index in [4.69, 9.17) is 12.2 Å². The van der Waals surface area contributed by atoms with Crippen molar-refractivity contribution in [3.63, 3.8) is 0 Å². The second kappa shape index (κ2) is 8.92. The molecule has 1 heterocycles. The van der Waals surface area contributed by atoms with Gasteiger partial charge in [0.05, 0.1) is 4.91 Å². The highest BCUT2D eigenvalue weighted by atomic mass is 32.2. The average Bonchev–Trinajstić information content (AvgIpc) is 2.92. The van der Waals surface area contributed by atoms with E-state index in [1.54, 1.807) is 18.2 Å². The summed E-state index contributed by atoms with van der Waals surface area (Å²) in [7, 11) is 0. The van der Waals surface area contributed by atoms with Crippen LogP contribution in [0.1, 0.15) is 18.4 Å². The maximum atomic E-state index is 13.8. The molecule has 0 unspecified atom stereocenters. The van der Waals surface area contributed by atoms with Crippen molar-refractivity contribution in [2.24, 2.45) is 0 Å². The first-order chi connectivity index (χ1) is 13.0. The molecule has 1 saturated heterocycles. The lowest BCUT2D eigenvalue weighted by Gasteiger charge is -2.14. The summed E-state index contributed by atoms with van der Waals surface area (Å²) >= 11 is 6.41. The number of rotatable bonds is 6. The Hall–Kier alpha value is -2.51. The Morgan fingerprint density at radius 2 is 1.85 bits per heavy atom. The van der Waals surface area contributed by atoms with Gasteiger partial charge in [-0.15, -0.1) is 0 Å². The number of hydrogen-bond donors (Lipinski definition) is 1. The number of anilines is 1. The minimum Gasteiger partial charge on any atom is -0.326 e. The van der Waals surface area contributed by atoms with Gasteiger partial charge in [0.2, 0.25) is 5.91 Å². The number of thioether (sulfide) groups is 1. The number of nitrogens with one attached hydrogen (secondary N) is 1. The third kappa shape index (κ3) is 5.02. The minimum atomic E-state index is -0.389. The van der Waals surface area contributed by atoms with E-state index >= 15 is 0 Å². The van der Waals surface area contributed by atoms with Crippen LogP contribution < -0.4 is 5.32 Å². The number of amides is 2. The molecule has 4 nitrogen and oxygen atoms in total. The summed E-state index contributed by atoms with van der Waals surface area (Å²) in [5.41, 5.74) is 1.08. The first-order valence-corrected chi connectivity index (χ1v) is 9.62. The standard InChI is InChI=1S/C20H17FN2O2S2/c21-16-10-5-4-7-14(16)13-17-19(25)23(20(26)27-17)12-6-11-18(24)22-15-8-2-1-3-9-15/h1-5,7-10,13H,6,11-12H2,(H,22,24)/b17-13-. The fraction of sp³-hybridized carbons (Fsp3) is 0.150. The van der Waals surface area contributed by atoms with Gasteiger partial charge >= 0.3 is 0 Å². The summed E-state index contributed by atoms with van der Waals surface area (Å²) < 4.78 is 14.2. The zero-order valence-electron chi connectivity index (χ0n) is 14.4. The molecule has 2 aromatic carbocycles. The van der Waals surface area contributed by atoms with Crippen molar-refractivity contribution in [1.82, 2.24) is 4.90 Å². The second-order valence-electron chi connectivity index (χ2n) is 5.87. The van der Waals surface area contributed by atoms with Crippen LogP contribution in [0.5, 0.6) is 0 Å². The van der Waals surface area contributed by atoms with Gasteiger partial charge in [-0.2, -0.15) is 0 Å². The molecule has 1 aliphatic rings. The number of nitrogens with zero attached hydrogens (tertiary/aromatic N) is 1. The molecule has 1 aliphatic heterocycles. The summed E-state index contributed by atoms with van der Waals surface area (Å²) in [4.78, 5) is 26.4. The lowest BCUT2D eigenvalue weighted by Crippen LogP contribution is -2.29. The van der Waals surface area contributed by atoms with Gasteiger partial charge < -0.3 is 5.32 Å². The van der Waals surface area contributed by atoms with Gasteiger partial charge in [0, 0.05) is 24.2 Å². The predicted molar refractivity (Wildman–Crippen MR) is 111 cm³/mol. The third-order valence-electron chi connectivity index (χ3n) is 3.91. The van der Waals surface area contributed by atoms with E-state index in [1.165, 1.54) is 17.0 Å². The Morgan fingerprint density at radius 1 is 1.15 bits per heavy atom. The molecule has 1 fully saturated rings. The number of hydrogen-bond acceptors (Lipinski definition) is 4. The van der Waals surface area contributed by atoms with Crippen molar-refractivity contribution in [2.75, 3.05) is 11.9 Å². The number of para-hydroxylation sites is 1. The normalized spacial score (nSPS) is 15.4. The fourth-order valence-corrected chi connectivity index (χ4v) is 3.87. The van der Waals surface area contributed by atoms with Crippen LogP contribution in [-0.2, 0) is 9.59 Å². The van der Waals surface area contributed by atoms with E-state index in [-0.39, 0.29) is 24.1 Å². The van der Waals surface area contributed by atoms with Crippen molar-refractivity contribution in [3.05, 3.63) is 70.9 Å². The fourth-order valence-electron chi connectivity index (χ4n) is 2.57. The zero-order valence-corrected chi connectivity index (χ0v) is 16.0. The lowest BCUT2D eigenvalue weighted by atomic mass is 10.2. The molecule has 138 valence electrons. The Balaban J connectivity index is 1.55. The van der Waals surface area contributed by atoms with Gasteiger partial charge in [0.25, 0.3) is 5.91 Å². The van der Waals surface area contributed by atoms with Crippen LogP contribution in [0.2, 0.25) is 0 Å². The minimum absolute atomic E-state index is 0.117. The average molecular weight is 401 g/mol. The van der Waals surface area contributed by atoms with E-state index in [0.29, 0.717) is 27.8 Å². The van der Waals surface area contributed by atoms with E-state index < -0.39 is 0 Å². The van der Waals surface area contributed by atoms with Crippen molar-refractivity contribution < 1.29 is 14.0 Å². The van der Waals surface area contributed by atoms with Gasteiger partial charge in [-0.1, -0.05) is 60.4 Å². The third-order valence-corrected chi connectivity index (χ3v) is 5.29. The van der Waals surface area contributed by atoms with Crippen LogP contribution in [0.25, 0.3) is 6.08 Å². The summed E-state index contributed by atoms with van der Waals surface area (Å²) in [5, 5.41) is 2.80. The molecule has 3 rings (SSSR count). The Morgan fingerprint density at radius 3 is 2.59 bits per heavy atom. The van der Waals surface area contributed by atoms with Crippen molar-refractivity contribution in [1.29, 1.82) is 0 Å². The Bertz CT molecular complexity index is 900. The highest BCUT2D eigenvalue weighted by Gasteiger charge is 2.31. The highest BCUT2D eigenvalue weighted by molar-refractivity contribution is 8.26. The number of thiocarbonyl (C=S) groups is 1. The topological polar surface area (TPSA) is 49.4 Å². The van der Waals surface area contributed by atoms with Crippen molar-refractivity contribution in [2.45, 2.75) is 12.8 Å². The first-order valence-electron chi connectivity index (χ1n) is 8.39. The SMILES string of the molecule is O=C(CCCN1C(=O)/C(=C/c2ccccc2F)SC1=S)Nc1ccccc1. The molecule has 0 aliphatic carbocycles. The summed E-state index contributed by atoms with van der Waals surface area (Å²) in [6.45, 7) is 0.349. The predicted octanol–water partition coefficient (Wildman–Crippen LogP) is 4.45.